The maximum Gasteiger partial charge on any atom is 0.240 e. The second-order valence-electron chi connectivity index (χ2n) is 2.69. The maximum absolute atomic E-state index is 10.0. The summed E-state index contributed by atoms with van der Waals surface area (Å²) in [4.78, 5) is 27.0. The van der Waals surface area contributed by atoms with E-state index in [1.807, 2.05) is 0 Å². The number of nitrogens with zero attached hydrogens (tertiary/aromatic N) is 2. The fraction of sp³-hybridized carbons (Fsp3) is 0.200. The maximum atomic E-state index is 10.0. The smallest absolute Gasteiger partial charge is 0.211 e. The van der Waals surface area contributed by atoms with Crippen molar-refractivity contribution < 1.29 is 9.59 Å². The number of carbonyl (C=O) groups excluding carboxylic acids is 2. The molecule has 0 spiro atoms. The van der Waals surface area contributed by atoms with Crippen LogP contribution in [0.5, 0.6) is 0 Å². The molecule has 4 heteroatoms. The van der Waals surface area contributed by atoms with Crippen LogP contribution in [0.15, 0.2) is 34.3 Å². The third kappa shape index (κ3) is 2.49. The van der Waals surface area contributed by atoms with Crippen LogP contribution in [0.3, 0.4) is 0 Å². The Morgan fingerprint density at radius 3 is 2.71 bits per heavy atom. The van der Waals surface area contributed by atoms with Gasteiger partial charge in [0.1, 0.15) is 0 Å². The zero-order valence-corrected chi connectivity index (χ0v) is 7.60. The Bertz CT molecular complexity index is 416. The fourth-order valence-electron chi connectivity index (χ4n) is 1.06. The molecule has 0 N–H and O–H groups in total. The average Bonchev–Trinajstić information content (AvgIpc) is 2.19. The fourth-order valence-corrected chi connectivity index (χ4v) is 1.06. The second-order valence-corrected chi connectivity index (χ2v) is 2.69. The Labute approximate surface area is 81.0 Å². The van der Waals surface area contributed by atoms with Crippen molar-refractivity contribution in [2.45, 2.75) is 13.0 Å². The van der Waals surface area contributed by atoms with Crippen molar-refractivity contribution in [2.24, 2.45) is 9.98 Å². The van der Waals surface area contributed by atoms with Gasteiger partial charge in [0.15, 0.2) is 0 Å². The van der Waals surface area contributed by atoms with E-state index in [1.54, 1.807) is 31.2 Å². The molecule has 0 bridgehead atoms. The molecule has 4 nitrogen and oxygen atoms in total. The van der Waals surface area contributed by atoms with E-state index in [9.17, 15) is 9.59 Å². The zero-order chi connectivity index (χ0) is 10.4. The Hall–Kier alpha value is -2.02. The van der Waals surface area contributed by atoms with Gasteiger partial charge in [-0.15, -0.1) is 0 Å². The lowest BCUT2D eigenvalue weighted by Gasteiger charge is -2.03. The highest BCUT2D eigenvalue weighted by Crippen LogP contribution is 2.20. The van der Waals surface area contributed by atoms with E-state index >= 15 is 0 Å². The molecule has 70 valence electrons. The minimum absolute atomic E-state index is 0.269. The monoisotopic (exact) mass is 188 g/mol. The van der Waals surface area contributed by atoms with E-state index in [1.165, 1.54) is 12.2 Å². The molecule has 1 unspecified atom stereocenters. The number of rotatable bonds is 3. The van der Waals surface area contributed by atoms with Crippen molar-refractivity contribution in [3.05, 3.63) is 29.8 Å². The largest absolute Gasteiger partial charge is 0.240 e. The molecule has 0 heterocycles. The van der Waals surface area contributed by atoms with Crippen LogP contribution in [-0.2, 0) is 9.59 Å². The third-order valence-corrected chi connectivity index (χ3v) is 1.77. The highest BCUT2D eigenvalue weighted by Gasteiger charge is 2.03. The molecular weight excluding hydrogens is 180 g/mol. The van der Waals surface area contributed by atoms with Gasteiger partial charge in [0, 0.05) is 0 Å². The highest BCUT2D eigenvalue weighted by molar-refractivity contribution is 5.50. The summed E-state index contributed by atoms with van der Waals surface area (Å²) in [5.41, 5.74) is 1.32. The van der Waals surface area contributed by atoms with Gasteiger partial charge in [0.2, 0.25) is 12.2 Å². The van der Waals surface area contributed by atoms with E-state index in [4.69, 9.17) is 0 Å². The van der Waals surface area contributed by atoms with Crippen LogP contribution in [0.25, 0.3) is 0 Å². The Morgan fingerprint density at radius 1 is 1.29 bits per heavy atom. The van der Waals surface area contributed by atoms with E-state index in [0.29, 0.717) is 5.69 Å². The van der Waals surface area contributed by atoms with Crippen molar-refractivity contribution in [1.29, 1.82) is 0 Å². The van der Waals surface area contributed by atoms with Gasteiger partial charge in [-0.1, -0.05) is 12.1 Å². The molecule has 0 aliphatic rings. The number of aliphatic imine (C=N–C) groups is 2. The molecule has 0 radical (unpaired) electrons. The van der Waals surface area contributed by atoms with Gasteiger partial charge in [0.25, 0.3) is 0 Å². The summed E-state index contributed by atoms with van der Waals surface area (Å²) in [6.45, 7) is 1.76. The summed E-state index contributed by atoms with van der Waals surface area (Å²) in [6.07, 6.45) is 2.93. The Morgan fingerprint density at radius 2 is 2.07 bits per heavy atom. The topological polar surface area (TPSA) is 58.9 Å². The van der Waals surface area contributed by atoms with Gasteiger partial charge in [-0.2, -0.15) is 9.98 Å². The quantitative estimate of drug-likeness (QED) is 0.538. The van der Waals surface area contributed by atoms with Crippen LogP contribution in [0.2, 0.25) is 0 Å². The number of hydrogen-bond donors (Lipinski definition) is 0. The minimum atomic E-state index is -0.269. The number of isocyanates is 2. The molecule has 0 saturated carbocycles. The van der Waals surface area contributed by atoms with Gasteiger partial charge in [-0.25, -0.2) is 9.59 Å². The normalized spacial score (nSPS) is 10.9. The van der Waals surface area contributed by atoms with Crippen molar-refractivity contribution >= 4 is 17.8 Å². The summed E-state index contributed by atoms with van der Waals surface area (Å²) < 4.78 is 0. The van der Waals surface area contributed by atoms with Crippen LogP contribution in [0, 0.1) is 0 Å². The standard InChI is InChI=1S/C10H8N2O2/c1-8(11-6-13)9-3-2-4-10(5-9)12-7-14/h2-5,8H,1H3. The van der Waals surface area contributed by atoms with Crippen LogP contribution in [0.4, 0.5) is 5.69 Å². The molecule has 0 aliphatic carbocycles. The average molecular weight is 188 g/mol. The molecule has 0 saturated heterocycles. The third-order valence-electron chi connectivity index (χ3n) is 1.77. The lowest BCUT2D eigenvalue weighted by molar-refractivity contribution is 0.559. The highest BCUT2D eigenvalue weighted by atomic mass is 16.1. The number of benzene rings is 1. The number of hydrogen-bond acceptors (Lipinski definition) is 4. The van der Waals surface area contributed by atoms with Crippen molar-refractivity contribution in [3.63, 3.8) is 0 Å². The molecule has 14 heavy (non-hydrogen) atoms. The van der Waals surface area contributed by atoms with Crippen LogP contribution < -0.4 is 0 Å². The second kappa shape index (κ2) is 4.87. The van der Waals surface area contributed by atoms with Crippen molar-refractivity contribution in [1.82, 2.24) is 0 Å². The van der Waals surface area contributed by atoms with Gasteiger partial charge >= 0.3 is 0 Å². The first-order valence-corrected chi connectivity index (χ1v) is 4.02. The van der Waals surface area contributed by atoms with E-state index in [0.717, 1.165) is 5.56 Å². The van der Waals surface area contributed by atoms with Crippen LogP contribution in [-0.4, -0.2) is 12.2 Å². The SMILES string of the molecule is CC(N=C=O)c1cccc(N=C=O)c1. The lowest BCUT2D eigenvalue weighted by atomic mass is 10.1. The first-order chi connectivity index (χ1) is 6.77. The van der Waals surface area contributed by atoms with E-state index < -0.39 is 0 Å². The molecule has 1 rings (SSSR count). The lowest BCUT2D eigenvalue weighted by Crippen LogP contribution is -1.87. The van der Waals surface area contributed by atoms with Crippen molar-refractivity contribution in [2.75, 3.05) is 0 Å². The minimum Gasteiger partial charge on any atom is -0.211 e. The van der Waals surface area contributed by atoms with Crippen molar-refractivity contribution in [3.8, 4) is 0 Å². The Balaban J connectivity index is 3.04. The van der Waals surface area contributed by atoms with Gasteiger partial charge < -0.3 is 0 Å². The van der Waals surface area contributed by atoms with Gasteiger partial charge in [0.05, 0.1) is 11.7 Å². The molecule has 0 amide bonds. The van der Waals surface area contributed by atoms with Gasteiger partial charge in [-0.05, 0) is 24.6 Å². The van der Waals surface area contributed by atoms with E-state index in [2.05, 4.69) is 9.98 Å². The Kier molecular flexibility index (Phi) is 3.50. The molecule has 0 aliphatic heterocycles. The zero-order valence-electron chi connectivity index (χ0n) is 7.60. The van der Waals surface area contributed by atoms with Crippen LogP contribution in [0.1, 0.15) is 18.5 Å². The summed E-state index contributed by atoms with van der Waals surface area (Å²) in [5, 5.41) is 0. The summed E-state index contributed by atoms with van der Waals surface area (Å²) in [5.74, 6) is 0. The molecule has 0 fully saturated rings. The summed E-state index contributed by atoms with van der Waals surface area (Å²) >= 11 is 0. The molecule has 0 aromatic heterocycles. The predicted octanol–water partition coefficient (Wildman–Crippen LogP) is 2.05. The predicted molar refractivity (Wildman–Crippen MR) is 50.8 cm³/mol. The first-order valence-electron chi connectivity index (χ1n) is 4.02. The molecule has 1 aromatic carbocycles. The molecular formula is C10H8N2O2. The van der Waals surface area contributed by atoms with Gasteiger partial charge in [-0.3, -0.25) is 0 Å². The summed E-state index contributed by atoms with van der Waals surface area (Å²) in [6, 6.07) is 6.62. The van der Waals surface area contributed by atoms with E-state index in [-0.39, 0.29) is 6.04 Å². The molecule has 1 aromatic rings. The molecule has 1 atom stereocenters. The summed E-state index contributed by atoms with van der Waals surface area (Å²) in [7, 11) is 0. The van der Waals surface area contributed by atoms with Crippen LogP contribution >= 0.6 is 0 Å². The first kappa shape index (κ1) is 10.1.